The number of rotatable bonds is 5. The van der Waals surface area contributed by atoms with E-state index < -0.39 is 0 Å². The SMILES string of the molecule is CCC(=O)Nc1ccc(NC(C)CC)nc1. The molecule has 0 aromatic carbocycles. The molecule has 0 saturated heterocycles. The minimum Gasteiger partial charge on any atom is -0.368 e. The summed E-state index contributed by atoms with van der Waals surface area (Å²) in [5.41, 5.74) is 0.738. The fourth-order valence-electron chi connectivity index (χ4n) is 1.16. The number of hydrogen-bond acceptors (Lipinski definition) is 3. The predicted octanol–water partition coefficient (Wildman–Crippen LogP) is 2.64. The lowest BCUT2D eigenvalue weighted by molar-refractivity contribution is -0.115. The van der Waals surface area contributed by atoms with E-state index >= 15 is 0 Å². The number of nitrogens with zero attached hydrogens (tertiary/aromatic N) is 1. The summed E-state index contributed by atoms with van der Waals surface area (Å²) in [5, 5.41) is 6.02. The molecular formula is C12H19N3O. The van der Waals surface area contributed by atoms with Gasteiger partial charge in [-0.3, -0.25) is 4.79 Å². The first-order valence-electron chi connectivity index (χ1n) is 5.68. The quantitative estimate of drug-likeness (QED) is 0.803. The zero-order chi connectivity index (χ0) is 12.0. The molecule has 0 aliphatic carbocycles. The first-order chi connectivity index (χ1) is 7.65. The lowest BCUT2D eigenvalue weighted by Gasteiger charge is -2.12. The number of anilines is 2. The van der Waals surface area contributed by atoms with Crippen LogP contribution in [0.15, 0.2) is 18.3 Å². The molecule has 0 fully saturated rings. The van der Waals surface area contributed by atoms with Crippen molar-refractivity contribution in [2.45, 2.75) is 39.7 Å². The van der Waals surface area contributed by atoms with Gasteiger partial charge in [0.15, 0.2) is 0 Å². The van der Waals surface area contributed by atoms with Gasteiger partial charge < -0.3 is 10.6 Å². The Morgan fingerprint density at radius 1 is 1.44 bits per heavy atom. The van der Waals surface area contributed by atoms with Crippen molar-refractivity contribution in [1.82, 2.24) is 4.98 Å². The molecule has 4 nitrogen and oxygen atoms in total. The fraction of sp³-hybridized carbons (Fsp3) is 0.500. The number of carbonyl (C=O) groups excluding carboxylic acids is 1. The molecule has 0 aliphatic heterocycles. The van der Waals surface area contributed by atoms with Crippen LogP contribution in [0.3, 0.4) is 0 Å². The third-order valence-corrected chi connectivity index (χ3v) is 2.38. The second-order valence-corrected chi connectivity index (χ2v) is 3.79. The van der Waals surface area contributed by atoms with Gasteiger partial charge in [0.05, 0.1) is 11.9 Å². The summed E-state index contributed by atoms with van der Waals surface area (Å²) in [4.78, 5) is 15.4. The highest BCUT2D eigenvalue weighted by Crippen LogP contribution is 2.11. The molecule has 1 atom stereocenters. The topological polar surface area (TPSA) is 54.0 Å². The van der Waals surface area contributed by atoms with E-state index in [1.165, 1.54) is 0 Å². The van der Waals surface area contributed by atoms with Gasteiger partial charge in [0, 0.05) is 12.5 Å². The summed E-state index contributed by atoms with van der Waals surface area (Å²) in [6.07, 6.45) is 3.20. The highest BCUT2D eigenvalue weighted by atomic mass is 16.1. The molecule has 1 amide bonds. The van der Waals surface area contributed by atoms with Gasteiger partial charge in [0.1, 0.15) is 5.82 Å². The van der Waals surface area contributed by atoms with Crippen molar-refractivity contribution in [2.75, 3.05) is 10.6 Å². The zero-order valence-electron chi connectivity index (χ0n) is 10.1. The van der Waals surface area contributed by atoms with Gasteiger partial charge in [0.25, 0.3) is 0 Å². The maximum atomic E-state index is 11.1. The molecule has 0 aliphatic rings. The highest BCUT2D eigenvalue weighted by Gasteiger charge is 2.01. The molecule has 1 heterocycles. The predicted molar refractivity (Wildman–Crippen MR) is 66.5 cm³/mol. The van der Waals surface area contributed by atoms with Crippen molar-refractivity contribution >= 4 is 17.4 Å². The standard InChI is InChI=1S/C12H19N3O/c1-4-9(3)14-11-7-6-10(8-13-11)15-12(16)5-2/h6-9H,4-5H2,1-3H3,(H,13,14)(H,15,16). The van der Waals surface area contributed by atoms with Gasteiger partial charge in [-0.1, -0.05) is 13.8 Å². The van der Waals surface area contributed by atoms with Crippen LogP contribution in [0.1, 0.15) is 33.6 Å². The third-order valence-electron chi connectivity index (χ3n) is 2.38. The van der Waals surface area contributed by atoms with Crippen LogP contribution in [0.25, 0.3) is 0 Å². The van der Waals surface area contributed by atoms with Crippen molar-refractivity contribution in [3.63, 3.8) is 0 Å². The van der Waals surface area contributed by atoms with Crippen molar-refractivity contribution < 1.29 is 4.79 Å². The van der Waals surface area contributed by atoms with E-state index in [-0.39, 0.29) is 5.91 Å². The molecule has 1 aromatic heterocycles. The maximum absolute atomic E-state index is 11.1. The number of pyridine rings is 1. The number of amides is 1. The number of carbonyl (C=O) groups is 1. The Hall–Kier alpha value is -1.58. The van der Waals surface area contributed by atoms with E-state index in [9.17, 15) is 4.79 Å². The van der Waals surface area contributed by atoms with Crippen molar-refractivity contribution in [3.8, 4) is 0 Å². The van der Waals surface area contributed by atoms with E-state index in [1.807, 2.05) is 19.1 Å². The molecule has 4 heteroatoms. The van der Waals surface area contributed by atoms with Gasteiger partial charge in [0.2, 0.25) is 5.91 Å². The van der Waals surface area contributed by atoms with E-state index in [0.29, 0.717) is 12.5 Å². The minimum atomic E-state index is 0.00411. The normalized spacial score (nSPS) is 11.9. The van der Waals surface area contributed by atoms with Crippen LogP contribution >= 0.6 is 0 Å². The summed E-state index contributed by atoms with van der Waals surface area (Å²) in [6, 6.07) is 4.13. The molecular weight excluding hydrogens is 202 g/mol. The fourth-order valence-corrected chi connectivity index (χ4v) is 1.16. The third kappa shape index (κ3) is 3.88. The number of hydrogen-bond donors (Lipinski definition) is 2. The van der Waals surface area contributed by atoms with Crippen molar-refractivity contribution in [3.05, 3.63) is 18.3 Å². The maximum Gasteiger partial charge on any atom is 0.224 e. The molecule has 2 N–H and O–H groups in total. The van der Waals surface area contributed by atoms with Gasteiger partial charge in [-0.25, -0.2) is 4.98 Å². The number of aromatic nitrogens is 1. The van der Waals surface area contributed by atoms with Crippen LogP contribution in [0.5, 0.6) is 0 Å². The molecule has 0 saturated carbocycles. The van der Waals surface area contributed by atoms with Crippen LogP contribution in [-0.4, -0.2) is 16.9 Å². The minimum absolute atomic E-state index is 0.00411. The second-order valence-electron chi connectivity index (χ2n) is 3.79. The van der Waals surface area contributed by atoms with Crippen LogP contribution < -0.4 is 10.6 Å². The summed E-state index contributed by atoms with van der Waals surface area (Å²) in [6.45, 7) is 6.05. The van der Waals surface area contributed by atoms with Crippen LogP contribution in [0.2, 0.25) is 0 Å². The Balaban J connectivity index is 2.57. The van der Waals surface area contributed by atoms with Crippen LogP contribution in [0.4, 0.5) is 11.5 Å². The van der Waals surface area contributed by atoms with Crippen molar-refractivity contribution in [1.29, 1.82) is 0 Å². The van der Waals surface area contributed by atoms with Crippen LogP contribution in [-0.2, 0) is 4.79 Å². The molecule has 1 unspecified atom stereocenters. The van der Waals surface area contributed by atoms with Crippen molar-refractivity contribution in [2.24, 2.45) is 0 Å². The summed E-state index contributed by atoms with van der Waals surface area (Å²) in [5.74, 6) is 0.841. The highest BCUT2D eigenvalue weighted by molar-refractivity contribution is 5.90. The summed E-state index contributed by atoms with van der Waals surface area (Å²) >= 11 is 0. The Kier molecular flexibility index (Phi) is 4.76. The molecule has 1 rings (SSSR count). The van der Waals surface area contributed by atoms with E-state index in [2.05, 4.69) is 29.5 Å². The molecule has 0 bridgehead atoms. The van der Waals surface area contributed by atoms with E-state index in [4.69, 9.17) is 0 Å². The Morgan fingerprint density at radius 3 is 2.69 bits per heavy atom. The Labute approximate surface area is 96.5 Å². The average molecular weight is 221 g/mol. The van der Waals surface area contributed by atoms with Gasteiger partial charge in [-0.2, -0.15) is 0 Å². The second kappa shape index (κ2) is 6.10. The zero-order valence-corrected chi connectivity index (χ0v) is 10.1. The molecule has 1 aromatic rings. The Morgan fingerprint density at radius 2 is 2.19 bits per heavy atom. The summed E-state index contributed by atoms with van der Waals surface area (Å²) < 4.78 is 0. The largest absolute Gasteiger partial charge is 0.368 e. The lowest BCUT2D eigenvalue weighted by Crippen LogP contribution is -2.14. The molecule has 0 radical (unpaired) electrons. The summed E-state index contributed by atoms with van der Waals surface area (Å²) in [7, 11) is 0. The lowest BCUT2D eigenvalue weighted by atomic mass is 10.2. The first-order valence-corrected chi connectivity index (χ1v) is 5.68. The van der Waals surface area contributed by atoms with Crippen LogP contribution in [0, 0.1) is 0 Å². The van der Waals surface area contributed by atoms with E-state index in [1.54, 1.807) is 6.20 Å². The van der Waals surface area contributed by atoms with Gasteiger partial charge in [-0.15, -0.1) is 0 Å². The monoisotopic (exact) mass is 221 g/mol. The smallest absolute Gasteiger partial charge is 0.224 e. The number of nitrogens with one attached hydrogen (secondary N) is 2. The van der Waals surface area contributed by atoms with Gasteiger partial charge >= 0.3 is 0 Å². The van der Waals surface area contributed by atoms with E-state index in [0.717, 1.165) is 17.9 Å². The molecule has 16 heavy (non-hydrogen) atoms. The first kappa shape index (κ1) is 12.5. The molecule has 0 spiro atoms. The Bertz CT molecular complexity index is 335. The van der Waals surface area contributed by atoms with Gasteiger partial charge in [-0.05, 0) is 25.5 Å². The molecule has 88 valence electrons. The average Bonchev–Trinajstić information content (AvgIpc) is 2.31.